The molecule has 1 heterocycles. The van der Waals surface area contributed by atoms with Crippen molar-refractivity contribution in [3.05, 3.63) is 11.8 Å². The van der Waals surface area contributed by atoms with E-state index in [1.165, 1.54) is 0 Å². The fourth-order valence-electron chi connectivity index (χ4n) is 1.66. The van der Waals surface area contributed by atoms with E-state index in [-0.39, 0.29) is 11.6 Å². The molecule has 108 valence electrons. The molecule has 1 fully saturated rings. The number of hydrogen-bond acceptors (Lipinski definition) is 5. The summed E-state index contributed by atoms with van der Waals surface area (Å²) in [5, 5.41) is 9.77. The summed E-state index contributed by atoms with van der Waals surface area (Å²) in [5.41, 5.74) is 0.663. The molecule has 0 spiro atoms. The van der Waals surface area contributed by atoms with E-state index in [2.05, 4.69) is 20.2 Å². The molecule has 1 aliphatic rings. The van der Waals surface area contributed by atoms with Crippen molar-refractivity contribution in [2.45, 2.75) is 37.4 Å². The summed E-state index contributed by atoms with van der Waals surface area (Å²) in [6.07, 6.45) is 3.87. The van der Waals surface area contributed by atoms with Crippen molar-refractivity contribution in [3.63, 3.8) is 0 Å². The zero-order chi connectivity index (χ0) is 13.7. The molecule has 0 atom stereocenters. The van der Waals surface area contributed by atoms with Gasteiger partial charge in [-0.2, -0.15) is 5.10 Å². The Morgan fingerprint density at radius 1 is 1.53 bits per heavy atom. The first-order valence-corrected chi connectivity index (χ1v) is 7.95. The van der Waals surface area contributed by atoms with Crippen LogP contribution in [0.1, 0.15) is 25.3 Å². The minimum atomic E-state index is -3.54. The van der Waals surface area contributed by atoms with Crippen molar-refractivity contribution >= 4 is 10.0 Å². The lowest BCUT2D eigenvalue weighted by molar-refractivity contribution is 0.153. The van der Waals surface area contributed by atoms with Gasteiger partial charge < -0.3 is 10.1 Å². The summed E-state index contributed by atoms with van der Waals surface area (Å²) in [6.45, 7) is 3.57. The van der Waals surface area contributed by atoms with E-state index >= 15 is 0 Å². The SMILES string of the molecule is CCOCCNS(=O)(=O)c1[nH]ncc1CNC1CC1. The highest BCUT2D eigenvalue weighted by atomic mass is 32.2. The molecule has 0 unspecified atom stereocenters. The van der Waals surface area contributed by atoms with E-state index in [9.17, 15) is 8.42 Å². The Hall–Kier alpha value is -0.960. The second-order valence-corrected chi connectivity index (χ2v) is 6.18. The number of nitrogens with zero attached hydrogens (tertiary/aromatic N) is 1. The summed E-state index contributed by atoms with van der Waals surface area (Å²) in [6, 6.07) is 0.524. The minimum absolute atomic E-state index is 0.136. The molecule has 1 aromatic heterocycles. The summed E-state index contributed by atoms with van der Waals surface area (Å²) < 4.78 is 31.7. The van der Waals surface area contributed by atoms with Gasteiger partial charge in [-0.25, -0.2) is 13.1 Å². The molecule has 1 aromatic rings. The molecule has 1 saturated carbocycles. The Morgan fingerprint density at radius 2 is 2.32 bits per heavy atom. The van der Waals surface area contributed by atoms with Gasteiger partial charge in [0.25, 0.3) is 10.0 Å². The van der Waals surface area contributed by atoms with Gasteiger partial charge in [-0.1, -0.05) is 0 Å². The predicted octanol–water partition coefficient (Wildman–Crippen LogP) is -0.0235. The van der Waals surface area contributed by atoms with Crippen molar-refractivity contribution in [2.24, 2.45) is 0 Å². The van der Waals surface area contributed by atoms with E-state index in [1.54, 1.807) is 6.20 Å². The summed E-state index contributed by atoms with van der Waals surface area (Å²) in [4.78, 5) is 0. The molecule has 19 heavy (non-hydrogen) atoms. The molecule has 0 bridgehead atoms. The molecule has 8 heteroatoms. The van der Waals surface area contributed by atoms with Crippen LogP contribution in [0.3, 0.4) is 0 Å². The highest BCUT2D eigenvalue weighted by Gasteiger charge is 2.24. The van der Waals surface area contributed by atoms with Crippen LogP contribution in [0.25, 0.3) is 0 Å². The first-order valence-electron chi connectivity index (χ1n) is 6.46. The third-order valence-electron chi connectivity index (χ3n) is 2.85. The number of ether oxygens (including phenoxy) is 1. The molecule has 0 aromatic carbocycles. The van der Waals surface area contributed by atoms with Gasteiger partial charge in [0.15, 0.2) is 5.03 Å². The molecule has 2 rings (SSSR count). The van der Waals surface area contributed by atoms with Crippen molar-refractivity contribution in [1.82, 2.24) is 20.2 Å². The molecular formula is C11H20N4O3S. The summed E-state index contributed by atoms with van der Waals surface area (Å²) in [5.74, 6) is 0. The zero-order valence-electron chi connectivity index (χ0n) is 11.0. The van der Waals surface area contributed by atoms with Gasteiger partial charge in [0.1, 0.15) is 0 Å². The molecule has 1 aliphatic carbocycles. The Balaban J connectivity index is 1.92. The summed E-state index contributed by atoms with van der Waals surface area (Å²) >= 11 is 0. The van der Waals surface area contributed by atoms with E-state index in [1.807, 2.05) is 6.92 Å². The highest BCUT2D eigenvalue weighted by Crippen LogP contribution is 2.20. The van der Waals surface area contributed by atoms with Crippen LogP contribution >= 0.6 is 0 Å². The quantitative estimate of drug-likeness (QED) is 0.555. The third-order valence-corrected chi connectivity index (χ3v) is 4.32. The summed E-state index contributed by atoms with van der Waals surface area (Å²) in [7, 11) is -3.54. The Labute approximate surface area is 113 Å². The Morgan fingerprint density at radius 3 is 3.00 bits per heavy atom. The second-order valence-electron chi connectivity index (χ2n) is 4.47. The van der Waals surface area contributed by atoms with Gasteiger partial charge in [0.05, 0.1) is 12.8 Å². The van der Waals surface area contributed by atoms with Gasteiger partial charge in [-0.15, -0.1) is 0 Å². The minimum Gasteiger partial charge on any atom is -0.380 e. The van der Waals surface area contributed by atoms with Gasteiger partial charge in [0, 0.05) is 31.3 Å². The van der Waals surface area contributed by atoms with E-state index in [0.717, 1.165) is 12.8 Å². The fourth-order valence-corrected chi connectivity index (χ4v) is 2.80. The predicted molar refractivity (Wildman–Crippen MR) is 70.1 cm³/mol. The maximum atomic E-state index is 12.1. The fraction of sp³-hybridized carbons (Fsp3) is 0.727. The maximum Gasteiger partial charge on any atom is 0.257 e. The average molecular weight is 288 g/mol. The van der Waals surface area contributed by atoms with Gasteiger partial charge in [-0.3, -0.25) is 5.10 Å². The monoisotopic (exact) mass is 288 g/mol. The van der Waals surface area contributed by atoms with Crippen molar-refractivity contribution < 1.29 is 13.2 Å². The maximum absolute atomic E-state index is 12.1. The highest BCUT2D eigenvalue weighted by molar-refractivity contribution is 7.89. The van der Waals surface area contributed by atoms with Gasteiger partial charge in [-0.05, 0) is 19.8 Å². The van der Waals surface area contributed by atoms with Crippen LogP contribution in [0.5, 0.6) is 0 Å². The van der Waals surface area contributed by atoms with Crippen molar-refractivity contribution in [1.29, 1.82) is 0 Å². The second kappa shape index (κ2) is 6.47. The van der Waals surface area contributed by atoms with Crippen LogP contribution < -0.4 is 10.0 Å². The first-order chi connectivity index (χ1) is 9.13. The molecule has 0 saturated heterocycles. The number of H-pyrrole nitrogens is 1. The van der Waals surface area contributed by atoms with Crippen LogP contribution in [0.15, 0.2) is 11.2 Å². The normalized spacial score (nSPS) is 15.8. The molecule has 0 radical (unpaired) electrons. The van der Waals surface area contributed by atoms with Crippen LogP contribution in [0.4, 0.5) is 0 Å². The third kappa shape index (κ3) is 4.27. The number of aromatic amines is 1. The topological polar surface area (TPSA) is 96.1 Å². The largest absolute Gasteiger partial charge is 0.380 e. The van der Waals surface area contributed by atoms with Gasteiger partial charge >= 0.3 is 0 Å². The molecular weight excluding hydrogens is 268 g/mol. The van der Waals surface area contributed by atoms with Crippen LogP contribution in [0, 0.1) is 0 Å². The molecule has 3 N–H and O–H groups in total. The number of nitrogens with one attached hydrogen (secondary N) is 3. The number of aromatic nitrogens is 2. The number of sulfonamides is 1. The average Bonchev–Trinajstić information content (AvgIpc) is 3.08. The Bertz CT molecular complexity index is 496. The van der Waals surface area contributed by atoms with E-state index in [4.69, 9.17) is 4.74 Å². The van der Waals surface area contributed by atoms with Crippen LogP contribution in [-0.2, 0) is 21.3 Å². The standard InChI is InChI=1S/C11H20N4O3S/c1-2-18-6-5-14-19(16,17)11-9(8-13-15-11)7-12-10-3-4-10/h8,10,12,14H,2-7H2,1H3,(H,13,15). The lowest BCUT2D eigenvalue weighted by Gasteiger charge is -2.07. The van der Waals surface area contributed by atoms with Gasteiger partial charge in [0.2, 0.25) is 0 Å². The number of rotatable bonds is 9. The van der Waals surface area contributed by atoms with Crippen LogP contribution in [0.2, 0.25) is 0 Å². The number of hydrogen-bond donors (Lipinski definition) is 3. The lowest BCUT2D eigenvalue weighted by atomic mass is 10.3. The Kier molecular flexibility index (Phi) is 4.92. The first kappa shape index (κ1) is 14.4. The van der Waals surface area contributed by atoms with E-state index in [0.29, 0.717) is 31.4 Å². The smallest absolute Gasteiger partial charge is 0.257 e. The molecule has 0 aliphatic heterocycles. The van der Waals surface area contributed by atoms with E-state index < -0.39 is 10.0 Å². The molecule has 0 amide bonds. The van der Waals surface area contributed by atoms with Crippen LogP contribution in [-0.4, -0.2) is 44.4 Å². The molecule has 7 nitrogen and oxygen atoms in total. The lowest BCUT2D eigenvalue weighted by Crippen LogP contribution is -2.29. The van der Waals surface area contributed by atoms with Crippen molar-refractivity contribution in [2.75, 3.05) is 19.8 Å². The van der Waals surface area contributed by atoms with Crippen molar-refractivity contribution in [3.8, 4) is 0 Å². The zero-order valence-corrected chi connectivity index (χ0v) is 11.8.